The average Bonchev–Trinajstić information content (AvgIpc) is 2.31. The Kier molecular flexibility index (Phi) is 4.83. The molecule has 1 aliphatic rings. The molecule has 2 nitrogen and oxygen atoms in total. The highest BCUT2D eigenvalue weighted by Crippen LogP contribution is 2.31. The van der Waals surface area contributed by atoms with E-state index in [4.69, 9.17) is 0 Å². The summed E-state index contributed by atoms with van der Waals surface area (Å²) in [6, 6.07) is 0. The van der Waals surface area contributed by atoms with Crippen LogP contribution in [0.2, 0.25) is 0 Å². The summed E-state index contributed by atoms with van der Waals surface area (Å²) in [6.07, 6.45) is 6.58. The molecule has 1 rings (SSSR count). The van der Waals surface area contributed by atoms with Gasteiger partial charge in [0.25, 0.3) is 0 Å². The van der Waals surface area contributed by atoms with Crippen molar-refractivity contribution < 1.29 is 0 Å². The Hall–Kier alpha value is -1.44. The van der Waals surface area contributed by atoms with E-state index >= 15 is 0 Å². The van der Waals surface area contributed by atoms with Crippen LogP contribution in [-0.4, -0.2) is 30.9 Å². The van der Waals surface area contributed by atoms with E-state index in [1.807, 2.05) is 0 Å². The molecule has 0 amide bonds. The third-order valence-corrected chi connectivity index (χ3v) is 3.57. The highest BCUT2D eigenvalue weighted by molar-refractivity contribution is 5.39. The monoisotopic (exact) mass is 246 g/mol. The first-order chi connectivity index (χ1) is 8.38. The lowest BCUT2D eigenvalue weighted by Crippen LogP contribution is -2.26. The molecule has 0 fully saturated rings. The Morgan fingerprint density at radius 2 is 2.00 bits per heavy atom. The van der Waals surface area contributed by atoms with Gasteiger partial charge in [0, 0.05) is 44.2 Å². The summed E-state index contributed by atoms with van der Waals surface area (Å²) < 4.78 is 0. The zero-order valence-electron chi connectivity index (χ0n) is 12.5. The van der Waals surface area contributed by atoms with Gasteiger partial charge in [-0.05, 0) is 18.6 Å². The van der Waals surface area contributed by atoms with E-state index in [9.17, 15) is 0 Å². The zero-order chi connectivity index (χ0) is 13.9. The van der Waals surface area contributed by atoms with Gasteiger partial charge in [0.05, 0.1) is 0 Å². The molecule has 0 spiro atoms. The van der Waals surface area contributed by atoms with Crippen molar-refractivity contribution in [3.63, 3.8) is 0 Å². The van der Waals surface area contributed by atoms with E-state index in [1.165, 1.54) is 17.0 Å². The van der Waals surface area contributed by atoms with Crippen LogP contribution in [0, 0.1) is 5.92 Å². The van der Waals surface area contributed by atoms with E-state index in [-0.39, 0.29) is 0 Å². The maximum Gasteiger partial charge on any atom is 0.0399 e. The SMILES string of the molecule is C=C(CCC)C(C)C1=CC(N(C)C)=CC(=C)N1C. The second-order valence-corrected chi connectivity index (χ2v) is 5.21. The van der Waals surface area contributed by atoms with Crippen LogP contribution >= 0.6 is 0 Å². The van der Waals surface area contributed by atoms with Gasteiger partial charge in [-0.3, -0.25) is 0 Å². The summed E-state index contributed by atoms with van der Waals surface area (Å²) in [6.45, 7) is 12.8. The summed E-state index contributed by atoms with van der Waals surface area (Å²) >= 11 is 0. The van der Waals surface area contributed by atoms with Crippen molar-refractivity contribution in [2.24, 2.45) is 5.92 Å². The molecule has 0 bridgehead atoms. The minimum Gasteiger partial charge on any atom is -0.378 e. The van der Waals surface area contributed by atoms with Crippen molar-refractivity contribution >= 4 is 0 Å². The molecule has 1 unspecified atom stereocenters. The Labute approximate surface area is 112 Å². The molecule has 1 heterocycles. The topological polar surface area (TPSA) is 6.48 Å². The fourth-order valence-corrected chi connectivity index (χ4v) is 2.14. The quantitative estimate of drug-likeness (QED) is 0.681. The molecule has 0 radical (unpaired) electrons. The highest BCUT2D eigenvalue weighted by atomic mass is 15.1. The Morgan fingerprint density at radius 3 is 2.50 bits per heavy atom. The van der Waals surface area contributed by atoms with Crippen LogP contribution < -0.4 is 0 Å². The Balaban J connectivity index is 3.01. The first-order valence-corrected chi connectivity index (χ1v) is 6.59. The fourth-order valence-electron chi connectivity index (χ4n) is 2.14. The van der Waals surface area contributed by atoms with Crippen molar-refractivity contribution in [3.05, 3.63) is 48.0 Å². The molecule has 0 aromatic heterocycles. The van der Waals surface area contributed by atoms with Gasteiger partial charge >= 0.3 is 0 Å². The fraction of sp³-hybridized carbons (Fsp3) is 0.500. The Bertz CT molecular complexity index is 399. The minimum atomic E-state index is 0.371. The molecule has 0 saturated heterocycles. The second kappa shape index (κ2) is 5.94. The van der Waals surface area contributed by atoms with Gasteiger partial charge in [-0.15, -0.1) is 0 Å². The average molecular weight is 246 g/mol. The maximum absolute atomic E-state index is 4.22. The summed E-state index contributed by atoms with van der Waals surface area (Å²) in [5.41, 5.74) is 4.81. The number of likely N-dealkylation sites (N-methyl/N-ethyl adjacent to an activating group) is 2. The summed E-state index contributed by atoms with van der Waals surface area (Å²) in [4.78, 5) is 4.28. The molecule has 1 atom stereocenters. The van der Waals surface area contributed by atoms with Crippen LogP contribution in [0.1, 0.15) is 26.7 Å². The number of rotatable bonds is 5. The number of nitrogens with zero attached hydrogens (tertiary/aromatic N) is 2. The molecule has 18 heavy (non-hydrogen) atoms. The van der Waals surface area contributed by atoms with Gasteiger partial charge in [0.2, 0.25) is 0 Å². The smallest absolute Gasteiger partial charge is 0.0399 e. The summed E-state index contributed by atoms with van der Waals surface area (Å²) in [7, 11) is 6.20. The Morgan fingerprint density at radius 1 is 1.39 bits per heavy atom. The first kappa shape index (κ1) is 14.6. The molecule has 0 saturated carbocycles. The molecule has 100 valence electrons. The minimum absolute atomic E-state index is 0.371. The van der Waals surface area contributed by atoms with Crippen molar-refractivity contribution in [1.82, 2.24) is 9.80 Å². The highest BCUT2D eigenvalue weighted by Gasteiger charge is 2.21. The van der Waals surface area contributed by atoms with Gasteiger partial charge < -0.3 is 9.80 Å². The van der Waals surface area contributed by atoms with E-state index in [2.05, 4.69) is 70.1 Å². The van der Waals surface area contributed by atoms with Gasteiger partial charge in [-0.1, -0.05) is 39.0 Å². The van der Waals surface area contributed by atoms with Crippen LogP contribution in [0.15, 0.2) is 48.0 Å². The lowest BCUT2D eigenvalue weighted by Gasteiger charge is -2.33. The maximum atomic E-state index is 4.22. The lowest BCUT2D eigenvalue weighted by molar-refractivity contribution is 0.443. The van der Waals surface area contributed by atoms with Gasteiger partial charge in [0.15, 0.2) is 0 Å². The predicted molar refractivity (Wildman–Crippen MR) is 80.0 cm³/mol. The largest absolute Gasteiger partial charge is 0.378 e. The predicted octanol–water partition coefficient (Wildman–Crippen LogP) is 3.77. The number of hydrogen-bond acceptors (Lipinski definition) is 2. The summed E-state index contributed by atoms with van der Waals surface area (Å²) in [5.74, 6) is 0.371. The van der Waals surface area contributed by atoms with Crippen molar-refractivity contribution in [2.75, 3.05) is 21.1 Å². The third kappa shape index (κ3) is 3.06. The standard InChI is InChI=1S/C16H26N2/c1-8-9-12(2)14(4)16-11-15(17(5)6)10-13(3)18(16)7/h10-11,14H,2-3,8-9H2,1,4-7H3. The number of hydrogen-bond donors (Lipinski definition) is 0. The molecule has 1 aliphatic heterocycles. The normalized spacial score (nSPS) is 17.2. The van der Waals surface area contributed by atoms with Crippen LogP contribution in [0.25, 0.3) is 0 Å². The summed E-state index contributed by atoms with van der Waals surface area (Å²) in [5, 5.41) is 0. The second-order valence-electron chi connectivity index (χ2n) is 5.21. The van der Waals surface area contributed by atoms with E-state index < -0.39 is 0 Å². The van der Waals surface area contributed by atoms with Crippen molar-refractivity contribution in [3.8, 4) is 0 Å². The molecule has 0 aliphatic carbocycles. The zero-order valence-corrected chi connectivity index (χ0v) is 12.5. The van der Waals surface area contributed by atoms with Crippen molar-refractivity contribution in [1.29, 1.82) is 0 Å². The van der Waals surface area contributed by atoms with Gasteiger partial charge in [-0.2, -0.15) is 0 Å². The number of allylic oxidation sites excluding steroid dienone is 3. The first-order valence-electron chi connectivity index (χ1n) is 6.59. The van der Waals surface area contributed by atoms with Gasteiger partial charge in [-0.25, -0.2) is 0 Å². The van der Waals surface area contributed by atoms with Crippen LogP contribution in [0.4, 0.5) is 0 Å². The van der Waals surface area contributed by atoms with Crippen molar-refractivity contribution in [2.45, 2.75) is 26.7 Å². The lowest BCUT2D eigenvalue weighted by atomic mass is 9.92. The van der Waals surface area contributed by atoms with E-state index in [0.29, 0.717) is 5.92 Å². The van der Waals surface area contributed by atoms with E-state index in [1.54, 1.807) is 0 Å². The van der Waals surface area contributed by atoms with Gasteiger partial charge in [0.1, 0.15) is 0 Å². The third-order valence-electron chi connectivity index (χ3n) is 3.57. The molecular formula is C16H26N2. The van der Waals surface area contributed by atoms with Crippen LogP contribution in [0.5, 0.6) is 0 Å². The van der Waals surface area contributed by atoms with Crippen LogP contribution in [-0.2, 0) is 0 Å². The molecular weight excluding hydrogens is 220 g/mol. The molecule has 2 heteroatoms. The van der Waals surface area contributed by atoms with E-state index in [0.717, 1.165) is 18.5 Å². The molecule has 0 aromatic rings. The molecule has 0 N–H and O–H groups in total. The van der Waals surface area contributed by atoms with Crippen LogP contribution in [0.3, 0.4) is 0 Å². The molecule has 0 aromatic carbocycles.